The van der Waals surface area contributed by atoms with Gasteiger partial charge in [0.15, 0.2) is 11.7 Å². The predicted octanol–water partition coefficient (Wildman–Crippen LogP) is 4.11. The van der Waals surface area contributed by atoms with Crippen molar-refractivity contribution in [1.82, 2.24) is 4.98 Å². The number of carbonyl (C=O) groups excluding carboxylic acids is 1. The quantitative estimate of drug-likeness (QED) is 0.761. The fourth-order valence-corrected chi connectivity index (χ4v) is 3.28. The molecule has 0 radical (unpaired) electrons. The first-order chi connectivity index (χ1) is 11.6. The molecule has 2 atom stereocenters. The minimum atomic E-state index is -0.858. The van der Waals surface area contributed by atoms with Gasteiger partial charge in [-0.05, 0) is 32.6 Å². The summed E-state index contributed by atoms with van der Waals surface area (Å²) in [5.74, 6) is -0.472. The molecule has 24 heavy (non-hydrogen) atoms. The molecule has 0 saturated heterocycles. The maximum Gasteiger partial charge on any atom is 0.185 e. The third kappa shape index (κ3) is 3.89. The molecule has 1 heterocycles. The molecule has 2 aromatic rings. The second kappa shape index (κ2) is 7.25. The highest BCUT2D eigenvalue weighted by molar-refractivity contribution is 7.10. The van der Waals surface area contributed by atoms with Crippen LogP contribution in [0.4, 0.5) is 0 Å². The standard InChI is InChI=1S/C19H20N2O2S/c1-12-3-7-15(8-4-12)17-11-24-19(21-17)16(9-20)18(22)13(2)23-10-14-5-6-14/h3-4,7-8,11,13-14,16H,5-6,10H2,1-2H3/t13-,16+/m1/s1. The summed E-state index contributed by atoms with van der Waals surface area (Å²) in [7, 11) is 0. The molecular formula is C19H20N2O2S. The molecule has 3 rings (SSSR count). The Morgan fingerprint density at radius 3 is 2.75 bits per heavy atom. The van der Waals surface area contributed by atoms with E-state index in [0.717, 1.165) is 11.3 Å². The van der Waals surface area contributed by atoms with E-state index in [1.807, 2.05) is 36.6 Å². The summed E-state index contributed by atoms with van der Waals surface area (Å²) >= 11 is 1.35. The molecular weight excluding hydrogens is 320 g/mol. The van der Waals surface area contributed by atoms with Crippen molar-refractivity contribution >= 4 is 17.1 Å². The fourth-order valence-electron chi connectivity index (χ4n) is 2.40. The maximum absolute atomic E-state index is 12.5. The van der Waals surface area contributed by atoms with E-state index in [9.17, 15) is 10.1 Å². The summed E-state index contributed by atoms with van der Waals surface area (Å²) in [5, 5.41) is 11.9. The number of hydrogen-bond acceptors (Lipinski definition) is 5. The number of nitriles is 1. The van der Waals surface area contributed by atoms with E-state index in [-0.39, 0.29) is 5.78 Å². The van der Waals surface area contributed by atoms with Gasteiger partial charge in [-0.15, -0.1) is 11.3 Å². The molecule has 4 nitrogen and oxygen atoms in total. The van der Waals surface area contributed by atoms with Crippen LogP contribution in [0.25, 0.3) is 11.3 Å². The topological polar surface area (TPSA) is 63.0 Å². The van der Waals surface area contributed by atoms with Gasteiger partial charge in [-0.3, -0.25) is 4.79 Å². The Labute approximate surface area is 146 Å². The zero-order chi connectivity index (χ0) is 17.1. The number of benzene rings is 1. The zero-order valence-electron chi connectivity index (χ0n) is 13.9. The lowest BCUT2D eigenvalue weighted by Crippen LogP contribution is -2.27. The van der Waals surface area contributed by atoms with E-state index in [1.165, 1.54) is 29.7 Å². The van der Waals surface area contributed by atoms with Crippen LogP contribution in [0, 0.1) is 24.2 Å². The third-order valence-corrected chi connectivity index (χ3v) is 5.12. The molecule has 0 unspecified atom stereocenters. The number of nitrogens with zero attached hydrogens (tertiary/aromatic N) is 2. The summed E-state index contributed by atoms with van der Waals surface area (Å²) in [6, 6.07) is 10.1. The Morgan fingerprint density at radius 2 is 2.12 bits per heavy atom. The molecule has 1 saturated carbocycles. The molecule has 1 aliphatic carbocycles. The average molecular weight is 340 g/mol. The van der Waals surface area contributed by atoms with Crippen LogP contribution in [-0.4, -0.2) is 23.5 Å². The zero-order valence-corrected chi connectivity index (χ0v) is 14.7. The Balaban J connectivity index is 1.72. The number of ketones is 1. The number of Topliss-reactive ketones (excluding diaryl/α,β-unsaturated/α-hetero) is 1. The number of aryl methyl sites for hydroxylation is 1. The van der Waals surface area contributed by atoms with Crippen LogP contribution in [-0.2, 0) is 9.53 Å². The van der Waals surface area contributed by atoms with Gasteiger partial charge in [-0.2, -0.15) is 5.26 Å². The Hall–Kier alpha value is -2.03. The molecule has 0 spiro atoms. The summed E-state index contributed by atoms with van der Waals surface area (Å²) in [5.41, 5.74) is 2.97. The van der Waals surface area contributed by atoms with Crippen LogP contribution in [0.15, 0.2) is 29.6 Å². The van der Waals surface area contributed by atoms with E-state index < -0.39 is 12.0 Å². The van der Waals surface area contributed by atoms with E-state index in [0.29, 0.717) is 17.5 Å². The van der Waals surface area contributed by atoms with Crippen molar-refractivity contribution in [2.24, 2.45) is 5.92 Å². The van der Waals surface area contributed by atoms with Crippen molar-refractivity contribution in [2.75, 3.05) is 6.61 Å². The van der Waals surface area contributed by atoms with Crippen molar-refractivity contribution in [3.8, 4) is 17.3 Å². The second-order valence-corrected chi connectivity index (χ2v) is 7.21. The Morgan fingerprint density at radius 1 is 1.42 bits per heavy atom. The molecule has 5 heteroatoms. The lowest BCUT2D eigenvalue weighted by Gasteiger charge is -2.13. The van der Waals surface area contributed by atoms with E-state index in [1.54, 1.807) is 6.92 Å². The van der Waals surface area contributed by atoms with E-state index in [2.05, 4.69) is 11.1 Å². The minimum Gasteiger partial charge on any atom is -0.370 e. The molecule has 1 aromatic carbocycles. The Kier molecular flexibility index (Phi) is 5.08. The van der Waals surface area contributed by atoms with Gasteiger partial charge in [0.05, 0.1) is 18.4 Å². The number of ether oxygens (including phenoxy) is 1. The summed E-state index contributed by atoms with van der Waals surface area (Å²) in [6.45, 7) is 4.37. The van der Waals surface area contributed by atoms with Crippen LogP contribution in [0.5, 0.6) is 0 Å². The number of aromatic nitrogens is 1. The number of carbonyl (C=O) groups is 1. The van der Waals surface area contributed by atoms with Crippen LogP contribution in [0.1, 0.15) is 36.3 Å². The summed E-state index contributed by atoms with van der Waals surface area (Å²) < 4.78 is 5.61. The van der Waals surface area contributed by atoms with E-state index in [4.69, 9.17) is 4.74 Å². The third-order valence-electron chi connectivity index (χ3n) is 4.21. The van der Waals surface area contributed by atoms with E-state index >= 15 is 0 Å². The second-order valence-electron chi connectivity index (χ2n) is 6.32. The van der Waals surface area contributed by atoms with Crippen molar-refractivity contribution < 1.29 is 9.53 Å². The Bertz CT molecular complexity index is 756. The highest BCUT2D eigenvalue weighted by Crippen LogP contribution is 2.31. The number of thiazole rings is 1. The number of hydrogen-bond donors (Lipinski definition) is 0. The van der Waals surface area contributed by atoms with Gasteiger partial charge < -0.3 is 4.74 Å². The SMILES string of the molecule is Cc1ccc(-c2csc([C@@H](C#N)C(=O)[C@@H](C)OCC3CC3)n2)cc1. The van der Waals surface area contributed by atoms with Gasteiger partial charge >= 0.3 is 0 Å². The normalized spacial score (nSPS) is 16.4. The van der Waals surface area contributed by atoms with Gasteiger partial charge in [0, 0.05) is 10.9 Å². The van der Waals surface area contributed by atoms with Crippen molar-refractivity contribution in [3.63, 3.8) is 0 Å². The van der Waals surface area contributed by atoms with Gasteiger partial charge in [0.1, 0.15) is 11.1 Å². The van der Waals surface area contributed by atoms with Gasteiger partial charge in [0.25, 0.3) is 0 Å². The monoisotopic (exact) mass is 340 g/mol. The summed E-state index contributed by atoms with van der Waals surface area (Å²) in [6.07, 6.45) is 1.78. The molecule has 0 aliphatic heterocycles. The minimum absolute atomic E-state index is 0.206. The highest BCUT2D eigenvalue weighted by atomic mass is 32.1. The van der Waals surface area contributed by atoms with Crippen LogP contribution >= 0.6 is 11.3 Å². The first-order valence-electron chi connectivity index (χ1n) is 8.16. The maximum atomic E-state index is 12.5. The smallest absolute Gasteiger partial charge is 0.185 e. The molecule has 1 fully saturated rings. The molecule has 124 valence electrons. The van der Waals surface area contributed by atoms with Gasteiger partial charge in [-0.1, -0.05) is 29.8 Å². The molecule has 0 N–H and O–H groups in total. The van der Waals surface area contributed by atoms with Crippen molar-refractivity contribution in [3.05, 3.63) is 40.2 Å². The number of rotatable bonds is 7. The van der Waals surface area contributed by atoms with Crippen LogP contribution < -0.4 is 0 Å². The van der Waals surface area contributed by atoms with Crippen LogP contribution in [0.2, 0.25) is 0 Å². The van der Waals surface area contributed by atoms with Crippen molar-refractivity contribution in [1.29, 1.82) is 5.26 Å². The lowest BCUT2D eigenvalue weighted by molar-refractivity contribution is -0.130. The molecule has 1 aromatic heterocycles. The van der Waals surface area contributed by atoms with Crippen molar-refractivity contribution in [2.45, 2.75) is 38.7 Å². The summed E-state index contributed by atoms with van der Waals surface area (Å²) in [4.78, 5) is 17.0. The fraction of sp³-hybridized carbons (Fsp3) is 0.421. The highest BCUT2D eigenvalue weighted by Gasteiger charge is 2.30. The lowest BCUT2D eigenvalue weighted by atomic mass is 10.0. The molecule has 0 bridgehead atoms. The van der Waals surface area contributed by atoms with Crippen LogP contribution in [0.3, 0.4) is 0 Å². The molecule has 1 aliphatic rings. The van der Waals surface area contributed by atoms with Gasteiger partial charge in [0.2, 0.25) is 0 Å². The molecule has 0 amide bonds. The predicted molar refractivity (Wildman–Crippen MR) is 93.8 cm³/mol. The van der Waals surface area contributed by atoms with Gasteiger partial charge in [-0.25, -0.2) is 4.98 Å². The average Bonchev–Trinajstić information content (AvgIpc) is 3.30. The first kappa shape index (κ1) is 16.8. The largest absolute Gasteiger partial charge is 0.370 e. The first-order valence-corrected chi connectivity index (χ1v) is 9.04.